The van der Waals surface area contributed by atoms with Gasteiger partial charge in [-0.2, -0.15) is 5.10 Å². The van der Waals surface area contributed by atoms with E-state index in [-0.39, 0.29) is 10.8 Å². The molecule has 3 aromatic rings. The Kier molecular flexibility index (Phi) is 4.54. The van der Waals surface area contributed by atoms with E-state index in [1.807, 2.05) is 12.1 Å². The zero-order valence-electron chi connectivity index (χ0n) is 10.8. The van der Waals surface area contributed by atoms with Crippen LogP contribution in [0.1, 0.15) is 4.88 Å². The molecule has 22 heavy (non-hydrogen) atoms. The van der Waals surface area contributed by atoms with E-state index in [9.17, 15) is 5.11 Å². The number of nitrogens with zero attached hydrogens (tertiary/aromatic N) is 2. The van der Waals surface area contributed by atoms with Gasteiger partial charge in [0, 0.05) is 10.3 Å². The monoisotopic (exact) mass is 415 g/mol. The summed E-state index contributed by atoms with van der Waals surface area (Å²) in [5.41, 5.74) is 3.14. The molecular formula is C14H8BrCl2N3OS. The van der Waals surface area contributed by atoms with Gasteiger partial charge in [-0.3, -0.25) is 5.43 Å². The summed E-state index contributed by atoms with van der Waals surface area (Å²) in [6.07, 6.45) is 1.69. The first-order chi connectivity index (χ1) is 10.5. The van der Waals surface area contributed by atoms with Gasteiger partial charge in [-0.25, -0.2) is 4.98 Å². The predicted molar refractivity (Wildman–Crippen MR) is 96.7 cm³/mol. The van der Waals surface area contributed by atoms with Crippen molar-refractivity contribution in [3.05, 3.63) is 49.0 Å². The van der Waals surface area contributed by atoms with Crippen molar-refractivity contribution >= 4 is 73.4 Å². The highest BCUT2D eigenvalue weighted by Gasteiger charge is 2.11. The lowest BCUT2D eigenvalue weighted by Crippen LogP contribution is -1.93. The van der Waals surface area contributed by atoms with Crippen molar-refractivity contribution in [2.24, 2.45) is 5.10 Å². The van der Waals surface area contributed by atoms with Gasteiger partial charge in [-0.05, 0) is 46.3 Å². The lowest BCUT2D eigenvalue weighted by Gasteiger charge is -2.06. The first kappa shape index (κ1) is 15.6. The van der Waals surface area contributed by atoms with E-state index in [4.69, 9.17) is 23.2 Å². The standard InChI is InChI=1S/C14H8BrCl2N3OS/c15-11-3-1-7(22-11)6-18-20-12-4-2-8-9(16)5-10(17)14(21)13(8)19-12/h1-6,21H,(H,19,20). The van der Waals surface area contributed by atoms with Crippen LogP contribution in [-0.4, -0.2) is 16.3 Å². The summed E-state index contributed by atoms with van der Waals surface area (Å²) in [5.74, 6) is 0.379. The van der Waals surface area contributed by atoms with Gasteiger partial charge in [0.25, 0.3) is 0 Å². The number of benzene rings is 1. The van der Waals surface area contributed by atoms with E-state index < -0.39 is 0 Å². The van der Waals surface area contributed by atoms with E-state index in [0.717, 1.165) is 8.66 Å². The minimum absolute atomic E-state index is 0.101. The van der Waals surface area contributed by atoms with Crippen LogP contribution in [0.4, 0.5) is 5.82 Å². The molecule has 0 aliphatic heterocycles. The topological polar surface area (TPSA) is 57.5 Å². The van der Waals surface area contributed by atoms with Crippen molar-refractivity contribution in [3.8, 4) is 5.75 Å². The number of aromatic nitrogens is 1. The molecule has 3 rings (SSSR count). The van der Waals surface area contributed by atoms with Crippen LogP contribution in [0.2, 0.25) is 10.0 Å². The lowest BCUT2D eigenvalue weighted by molar-refractivity contribution is 0.480. The number of nitrogens with one attached hydrogen (secondary N) is 1. The quantitative estimate of drug-likeness (QED) is 0.436. The molecule has 2 aromatic heterocycles. The largest absolute Gasteiger partial charge is 0.504 e. The molecule has 0 bridgehead atoms. The van der Waals surface area contributed by atoms with Crippen LogP contribution in [-0.2, 0) is 0 Å². The summed E-state index contributed by atoms with van der Waals surface area (Å²) in [7, 11) is 0. The fourth-order valence-electron chi connectivity index (χ4n) is 1.82. The second kappa shape index (κ2) is 6.42. The summed E-state index contributed by atoms with van der Waals surface area (Å²) in [6.45, 7) is 0. The summed E-state index contributed by atoms with van der Waals surface area (Å²) in [4.78, 5) is 5.28. The summed E-state index contributed by atoms with van der Waals surface area (Å²) < 4.78 is 1.03. The average molecular weight is 417 g/mol. The van der Waals surface area contributed by atoms with Crippen LogP contribution in [0.5, 0.6) is 5.75 Å². The number of rotatable bonds is 3. The van der Waals surface area contributed by atoms with Crippen LogP contribution in [0.15, 0.2) is 39.2 Å². The van der Waals surface area contributed by atoms with Crippen LogP contribution in [0, 0.1) is 0 Å². The second-order valence-corrected chi connectivity index (χ2v) is 7.60. The number of hydrogen-bond donors (Lipinski definition) is 2. The minimum Gasteiger partial charge on any atom is -0.504 e. The highest BCUT2D eigenvalue weighted by molar-refractivity contribution is 9.11. The molecule has 2 heterocycles. The maximum Gasteiger partial charge on any atom is 0.160 e. The Morgan fingerprint density at radius 3 is 2.77 bits per heavy atom. The Morgan fingerprint density at radius 2 is 2.05 bits per heavy atom. The zero-order chi connectivity index (χ0) is 15.7. The van der Waals surface area contributed by atoms with Crippen LogP contribution in [0.25, 0.3) is 10.9 Å². The number of pyridine rings is 1. The maximum atomic E-state index is 9.99. The second-order valence-electron chi connectivity index (χ2n) is 4.29. The molecule has 1 aromatic carbocycles. The minimum atomic E-state index is -0.101. The average Bonchev–Trinajstić information content (AvgIpc) is 2.90. The molecule has 112 valence electrons. The van der Waals surface area contributed by atoms with Gasteiger partial charge in [-0.1, -0.05) is 23.2 Å². The normalized spacial score (nSPS) is 11.4. The van der Waals surface area contributed by atoms with E-state index in [2.05, 4.69) is 31.4 Å². The van der Waals surface area contributed by atoms with Crippen molar-refractivity contribution < 1.29 is 5.11 Å². The number of phenols is 1. The molecule has 0 saturated carbocycles. The molecule has 0 amide bonds. The Hall–Kier alpha value is -1.34. The third-order valence-corrected chi connectivity index (χ3v) is 4.98. The molecule has 4 nitrogen and oxygen atoms in total. The number of anilines is 1. The van der Waals surface area contributed by atoms with Crippen molar-refractivity contribution in [2.75, 3.05) is 5.43 Å². The number of fused-ring (bicyclic) bond motifs is 1. The van der Waals surface area contributed by atoms with Crippen molar-refractivity contribution in [1.29, 1.82) is 0 Å². The molecule has 0 atom stereocenters. The van der Waals surface area contributed by atoms with E-state index in [1.54, 1.807) is 29.7 Å². The number of hydrogen-bond acceptors (Lipinski definition) is 5. The fraction of sp³-hybridized carbons (Fsp3) is 0. The van der Waals surface area contributed by atoms with Crippen LogP contribution >= 0.6 is 50.5 Å². The predicted octanol–water partition coefficient (Wildman–Crippen LogP) is 5.52. The summed E-state index contributed by atoms with van der Waals surface area (Å²) >= 11 is 16.9. The molecule has 2 N–H and O–H groups in total. The molecule has 0 unspecified atom stereocenters. The van der Waals surface area contributed by atoms with Gasteiger partial charge in [0.15, 0.2) is 5.75 Å². The van der Waals surface area contributed by atoms with E-state index in [0.29, 0.717) is 21.7 Å². The molecule has 0 radical (unpaired) electrons. The van der Waals surface area contributed by atoms with Gasteiger partial charge in [-0.15, -0.1) is 11.3 Å². The van der Waals surface area contributed by atoms with Gasteiger partial charge in [0.2, 0.25) is 0 Å². The first-order valence-electron chi connectivity index (χ1n) is 6.07. The van der Waals surface area contributed by atoms with Gasteiger partial charge < -0.3 is 5.11 Å². The van der Waals surface area contributed by atoms with Crippen LogP contribution < -0.4 is 5.43 Å². The Bertz CT molecular complexity index is 882. The molecule has 0 aliphatic rings. The van der Waals surface area contributed by atoms with Crippen LogP contribution in [0.3, 0.4) is 0 Å². The van der Waals surface area contributed by atoms with E-state index in [1.165, 1.54) is 6.07 Å². The number of thiophene rings is 1. The summed E-state index contributed by atoms with van der Waals surface area (Å²) in [5, 5.41) is 15.3. The lowest BCUT2D eigenvalue weighted by atomic mass is 10.2. The maximum absolute atomic E-state index is 9.99. The highest BCUT2D eigenvalue weighted by Crippen LogP contribution is 2.36. The zero-order valence-corrected chi connectivity index (χ0v) is 14.8. The van der Waals surface area contributed by atoms with Gasteiger partial charge >= 0.3 is 0 Å². The van der Waals surface area contributed by atoms with E-state index >= 15 is 0 Å². The molecule has 0 spiro atoms. The van der Waals surface area contributed by atoms with Crippen molar-refractivity contribution in [3.63, 3.8) is 0 Å². The third kappa shape index (κ3) is 3.20. The SMILES string of the molecule is Oc1c(Cl)cc(Cl)c2ccc(NN=Cc3ccc(Br)s3)nc12. The molecule has 0 aliphatic carbocycles. The smallest absolute Gasteiger partial charge is 0.160 e. The van der Waals surface area contributed by atoms with Gasteiger partial charge in [0.1, 0.15) is 11.3 Å². The molecular weight excluding hydrogens is 409 g/mol. The molecule has 8 heteroatoms. The Balaban J connectivity index is 1.89. The highest BCUT2D eigenvalue weighted by atomic mass is 79.9. The Labute approximate surface area is 148 Å². The number of phenolic OH excluding ortho intramolecular Hbond substituents is 1. The number of aromatic hydroxyl groups is 1. The third-order valence-electron chi connectivity index (χ3n) is 2.82. The fourth-order valence-corrected chi connectivity index (χ4v) is 3.64. The molecule has 0 fully saturated rings. The van der Waals surface area contributed by atoms with Crippen molar-refractivity contribution in [1.82, 2.24) is 4.98 Å². The Morgan fingerprint density at radius 1 is 1.23 bits per heavy atom. The van der Waals surface area contributed by atoms with Crippen molar-refractivity contribution in [2.45, 2.75) is 0 Å². The number of halogens is 3. The summed E-state index contributed by atoms with van der Waals surface area (Å²) in [6, 6.07) is 8.85. The van der Waals surface area contributed by atoms with Gasteiger partial charge in [0.05, 0.1) is 20.0 Å². The number of hydrazone groups is 1. The molecule has 0 saturated heterocycles. The first-order valence-corrected chi connectivity index (χ1v) is 8.43.